The summed E-state index contributed by atoms with van der Waals surface area (Å²) < 4.78 is 0. The van der Waals surface area contributed by atoms with E-state index in [1.807, 2.05) is 4.90 Å². The zero-order valence-electron chi connectivity index (χ0n) is 15.7. The van der Waals surface area contributed by atoms with E-state index in [2.05, 4.69) is 15.3 Å². The molecule has 6 aliphatic rings. The van der Waals surface area contributed by atoms with E-state index < -0.39 is 0 Å². The van der Waals surface area contributed by atoms with Gasteiger partial charge in [0.05, 0.1) is 0 Å². The number of likely N-dealkylation sites (tertiary alicyclic amines) is 1. The molecule has 0 unspecified atom stereocenters. The van der Waals surface area contributed by atoms with E-state index >= 15 is 0 Å². The second-order valence-corrected chi connectivity index (χ2v) is 9.95. The molecular formula is C21H28N4O2. The van der Waals surface area contributed by atoms with Crippen molar-refractivity contribution in [1.29, 1.82) is 0 Å². The summed E-state index contributed by atoms with van der Waals surface area (Å²) in [5.41, 5.74) is 0.0371. The van der Waals surface area contributed by atoms with E-state index in [0.29, 0.717) is 5.92 Å². The third kappa shape index (κ3) is 2.38. The van der Waals surface area contributed by atoms with Gasteiger partial charge in [-0.15, -0.1) is 0 Å². The highest BCUT2D eigenvalue weighted by molar-refractivity contribution is 5.94. The number of H-pyrrole nitrogens is 1. The first kappa shape index (κ1) is 16.3. The van der Waals surface area contributed by atoms with Gasteiger partial charge >= 0.3 is 0 Å². The number of hydrogen-bond donors (Lipinski definition) is 2. The molecule has 0 radical (unpaired) electrons. The number of nitrogens with one attached hydrogen (secondary N) is 2. The molecule has 3 heterocycles. The lowest BCUT2D eigenvalue weighted by Crippen LogP contribution is -2.50. The van der Waals surface area contributed by atoms with Crippen LogP contribution in [0.25, 0.3) is 0 Å². The molecule has 0 spiro atoms. The highest BCUT2D eigenvalue weighted by Crippen LogP contribution is 2.59. The van der Waals surface area contributed by atoms with Crippen LogP contribution in [0.4, 0.5) is 0 Å². The normalized spacial score (nSPS) is 41.9. The number of aromatic nitrogens is 2. The maximum atomic E-state index is 13.0. The number of hydrogen-bond acceptors (Lipinski definition) is 4. The number of nitrogens with zero attached hydrogens (tertiary/aromatic N) is 2. The minimum Gasteiger partial charge on any atom is -0.334 e. The Bertz CT molecular complexity index is 812. The van der Waals surface area contributed by atoms with Crippen LogP contribution in [0, 0.1) is 23.7 Å². The van der Waals surface area contributed by atoms with Gasteiger partial charge in [0.1, 0.15) is 11.4 Å². The smallest absolute Gasteiger partial charge is 0.263 e. The summed E-state index contributed by atoms with van der Waals surface area (Å²) in [4.78, 5) is 35.5. The van der Waals surface area contributed by atoms with E-state index in [0.717, 1.165) is 68.9 Å². The van der Waals surface area contributed by atoms with Gasteiger partial charge in [-0.25, -0.2) is 4.98 Å². The number of amides is 1. The zero-order chi connectivity index (χ0) is 18.2. The molecule has 6 heteroatoms. The van der Waals surface area contributed by atoms with E-state index in [1.54, 1.807) is 6.20 Å². The van der Waals surface area contributed by atoms with Crippen LogP contribution < -0.4 is 10.9 Å². The topological polar surface area (TPSA) is 78.1 Å². The standard InChI is InChI=1S/C21H28N4O2/c26-18-16(19(27)25-2-1-15-9-22-11-17(15)25)10-23-20(24-18)21-6-12-3-13(7-21)5-14(4-12)8-21/h10,12-15,17,22H,1-9,11H2,(H,23,24,26)/t12?,13?,14?,15-,17+,21?/m1/s1. The highest BCUT2D eigenvalue weighted by atomic mass is 16.2. The summed E-state index contributed by atoms with van der Waals surface area (Å²) in [5.74, 6) is 3.66. The monoisotopic (exact) mass is 368 g/mol. The van der Waals surface area contributed by atoms with Crippen LogP contribution in [0.3, 0.4) is 0 Å². The molecular weight excluding hydrogens is 340 g/mol. The minimum absolute atomic E-state index is 0.0591. The van der Waals surface area contributed by atoms with Gasteiger partial charge in [0.2, 0.25) is 0 Å². The Morgan fingerprint density at radius 1 is 1.11 bits per heavy atom. The molecule has 2 N–H and O–H groups in total. The Labute approximate surface area is 159 Å². The Hall–Kier alpha value is -1.69. The first-order chi connectivity index (χ1) is 13.1. The quantitative estimate of drug-likeness (QED) is 0.832. The molecule has 2 aliphatic heterocycles. The molecule has 6 fully saturated rings. The third-order valence-electron chi connectivity index (χ3n) is 8.28. The van der Waals surface area contributed by atoms with Crippen LogP contribution in [0.15, 0.2) is 11.0 Å². The first-order valence-electron chi connectivity index (χ1n) is 10.7. The molecule has 0 aromatic carbocycles. The molecule has 4 aliphatic carbocycles. The minimum atomic E-state index is -0.241. The van der Waals surface area contributed by atoms with Gasteiger partial charge in [-0.1, -0.05) is 0 Å². The van der Waals surface area contributed by atoms with Crippen LogP contribution in [0.5, 0.6) is 0 Å². The van der Waals surface area contributed by atoms with E-state index in [1.165, 1.54) is 19.3 Å². The summed E-state index contributed by atoms with van der Waals surface area (Å²) in [5, 5.41) is 3.36. The van der Waals surface area contributed by atoms with Gasteiger partial charge in [-0.2, -0.15) is 0 Å². The van der Waals surface area contributed by atoms with E-state index in [4.69, 9.17) is 0 Å². The lowest BCUT2D eigenvalue weighted by molar-refractivity contribution is -0.00955. The largest absolute Gasteiger partial charge is 0.334 e. The average Bonchev–Trinajstić information content (AvgIpc) is 3.23. The molecule has 1 amide bonds. The molecule has 1 aromatic rings. The van der Waals surface area contributed by atoms with Crippen molar-refractivity contribution in [2.24, 2.45) is 23.7 Å². The average molecular weight is 368 g/mol. The predicted octanol–water partition coefficient (Wildman–Crippen LogP) is 1.67. The Balaban J connectivity index is 1.30. The summed E-state index contributed by atoms with van der Waals surface area (Å²) in [6.07, 6.45) is 10.2. The van der Waals surface area contributed by atoms with Gasteiger partial charge in [0.15, 0.2) is 0 Å². The Morgan fingerprint density at radius 3 is 2.48 bits per heavy atom. The van der Waals surface area contributed by atoms with Crippen molar-refractivity contribution >= 4 is 5.91 Å². The van der Waals surface area contributed by atoms with Crippen molar-refractivity contribution in [1.82, 2.24) is 20.2 Å². The van der Waals surface area contributed by atoms with Gasteiger partial charge in [-0.05, 0) is 68.6 Å². The fraction of sp³-hybridized carbons (Fsp3) is 0.762. The SMILES string of the molecule is O=C(c1cnc(C23CC4CC(CC(C4)C2)C3)[nH]c1=O)N1CC[C@@H]2CNC[C@@H]21. The molecule has 144 valence electrons. The van der Waals surface area contributed by atoms with E-state index in [9.17, 15) is 9.59 Å². The predicted molar refractivity (Wildman–Crippen MR) is 101 cm³/mol. The summed E-state index contributed by atoms with van der Waals surface area (Å²) in [6, 6.07) is 0.236. The third-order valence-corrected chi connectivity index (χ3v) is 8.28. The number of aromatic amines is 1. The number of fused-ring (bicyclic) bond motifs is 1. The summed E-state index contributed by atoms with van der Waals surface area (Å²) in [6.45, 7) is 2.58. The first-order valence-corrected chi connectivity index (χ1v) is 10.7. The molecule has 4 bridgehead atoms. The van der Waals surface area contributed by atoms with Gasteiger partial charge in [0, 0.05) is 37.3 Å². The molecule has 7 rings (SSSR count). The van der Waals surface area contributed by atoms with Crippen molar-refractivity contribution in [3.63, 3.8) is 0 Å². The van der Waals surface area contributed by atoms with Crippen molar-refractivity contribution in [2.75, 3.05) is 19.6 Å². The fourth-order valence-electron chi connectivity index (χ4n) is 7.47. The molecule has 4 saturated carbocycles. The lowest BCUT2D eigenvalue weighted by Gasteiger charge is -2.56. The summed E-state index contributed by atoms with van der Waals surface area (Å²) in [7, 11) is 0. The number of rotatable bonds is 2. The van der Waals surface area contributed by atoms with Crippen LogP contribution in [0.2, 0.25) is 0 Å². The van der Waals surface area contributed by atoms with E-state index in [-0.39, 0.29) is 28.5 Å². The summed E-state index contributed by atoms with van der Waals surface area (Å²) >= 11 is 0. The Kier molecular flexibility index (Phi) is 3.41. The van der Waals surface area contributed by atoms with Crippen LogP contribution >= 0.6 is 0 Å². The lowest BCUT2D eigenvalue weighted by atomic mass is 9.49. The van der Waals surface area contributed by atoms with Crippen molar-refractivity contribution < 1.29 is 4.79 Å². The molecule has 2 saturated heterocycles. The molecule has 1 aromatic heterocycles. The highest BCUT2D eigenvalue weighted by Gasteiger charge is 2.53. The fourth-order valence-corrected chi connectivity index (χ4v) is 7.47. The van der Waals surface area contributed by atoms with Gasteiger partial charge < -0.3 is 15.2 Å². The second-order valence-electron chi connectivity index (χ2n) is 9.95. The van der Waals surface area contributed by atoms with Crippen molar-refractivity contribution in [2.45, 2.75) is 56.4 Å². The van der Waals surface area contributed by atoms with Crippen LogP contribution in [-0.2, 0) is 5.41 Å². The maximum Gasteiger partial charge on any atom is 0.263 e. The number of carbonyl (C=O) groups excluding carboxylic acids is 1. The molecule has 2 atom stereocenters. The van der Waals surface area contributed by atoms with Crippen molar-refractivity contribution in [3.05, 3.63) is 27.9 Å². The Morgan fingerprint density at radius 2 is 1.81 bits per heavy atom. The van der Waals surface area contributed by atoms with Gasteiger partial charge in [-0.3, -0.25) is 9.59 Å². The second kappa shape index (κ2) is 5.66. The molecule has 6 nitrogen and oxygen atoms in total. The number of carbonyl (C=O) groups is 1. The van der Waals surface area contributed by atoms with Crippen molar-refractivity contribution in [3.8, 4) is 0 Å². The van der Waals surface area contributed by atoms with Crippen LogP contribution in [-0.4, -0.2) is 46.5 Å². The van der Waals surface area contributed by atoms with Gasteiger partial charge in [0.25, 0.3) is 11.5 Å². The zero-order valence-corrected chi connectivity index (χ0v) is 15.7. The van der Waals surface area contributed by atoms with Crippen LogP contribution in [0.1, 0.15) is 61.1 Å². The maximum absolute atomic E-state index is 13.0. The molecule has 27 heavy (non-hydrogen) atoms.